The third-order valence-electron chi connectivity index (χ3n) is 2.93. The molecule has 1 aromatic rings. The monoisotopic (exact) mass is 241 g/mol. The average molecular weight is 241 g/mol. The molecule has 2 N–H and O–H groups in total. The zero-order chi connectivity index (χ0) is 11.6. The first kappa shape index (κ1) is 11.6. The molecule has 5 heteroatoms. The number of aliphatic hydroxyl groups is 1. The molecule has 0 saturated heterocycles. The number of sulfonamides is 1. The summed E-state index contributed by atoms with van der Waals surface area (Å²) in [5, 5.41) is 9.79. The van der Waals surface area contributed by atoms with Crippen molar-refractivity contribution in [1.29, 1.82) is 0 Å². The number of hydrogen-bond donors (Lipinski definition) is 2. The molecule has 0 aromatic heterocycles. The van der Waals surface area contributed by atoms with E-state index in [2.05, 4.69) is 4.72 Å². The van der Waals surface area contributed by atoms with E-state index < -0.39 is 15.6 Å². The third kappa shape index (κ3) is 2.42. The maximum atomic E-state index is 11.8. The topological polar surface area (TPSA) is 66.4 Å². The van der Waals surface area contributed by atoms with Crippen molar-refractivity contribution in [3.63, 3.8) is 0 Å². The number of rotatable bonds is 4. The van der Waals surface area contributed by atoms with E-state index in [4.69, 9.17) is 0 Å². The highest BCUT2D eigenvalue weighted by atomic mass is 32.2. The van der Waals surface area contributed by atoms with Gasteiger partial charge in [0.25, 0.3) is 0 Å². The van der Waals surface area contributed by atoms with E-state index in [1.54, 1.807) is 18.2 Å². The van der Waals surface area contributed by atoms with Crippen LogP contribution in [0.2, 0.25) is 0 Å². The summed E-state index contributed by atoms with van der Waals surface area (Å²) in [6.45, 7) is 0.101. The Morgan fingerprint density at radius 1 is 1.25 bits per heavy atom. The number of nitrogens with one attached hydrogen (secondary N) is 1. The molecule has 88 valence electrons. The minimum Gasteiger partial charge on any atom is -0.389 e. The largest absolute Gasteiger partial charge is 0.389 e. The molecule has 0 atom stereocenters. The molecule has 0 amide bonds. The van der Waals surface area contributed by atoms with E-state index in [0.29, 0.717) is 12.8 Å². The summed E-state index contributed by atoms with van der Waals surface area (Å²) in [5.74, 6) is 0. The minimum absolute atomic E-state index is 0.101. The number of hydrogen-bond acceptors (Lipinski definition) is 3. The van der Waals surface area contributed by atoms with Gasteiger partial charge < -0.3 is 5.11 Å². The van der Waals surface area contributed by atoms with Gasteiger partial charge in [-0.3, -0.25) is 0 Å². The Morgan fingerprint density at radius 3 is 2.38 bits per heavy atom. The molecular weight excluding hydrogens is 226 g/mol. The highest BCUT2D eigenvalue weighted by Crippen LogP contribution is 2.30. The van der Waals surface area contributed by atoms with Gasteiger partial charge in [0, 0.05) is 6.54 Å². The Bertz CT molecular complexity index is 451. The highest BCUT2D eigenvalue weighted by Gasteiger charge is 2.35. The fraction of sp³-hybridized carbons (Fsp3) is 0.455. The second kappa shape index (κ2) is 4.16. The van der Waals surface area contributed by atoms with Gasteiger partial charge in [-0.25, -0.2) is 13.1 Å². The molecule has 4 nitrogen and oxygen atoms in total. The standard InChI is InChI=1S/C11H15NO3S/c13-11(7-4-8-11)9-12-16(14,15)10-5-2-1-3-6-10/h1-3,5-6,12-13H,4,7-9H2. The van der Waals surface area contributed by atoms with Crippen LogP contribution in [-0.4, -0.2) is 25.7 Å². The summed E-state index contributed by atoms with van der Waals surface area (Å²) in [6.07, 6.45) is 2.30. The van der Waals surface area contributed by atoms with Crippen LogP contribution in [0.4, 0.5) is 0 Å². The van der Waals surface area contributed by atoms with Crippen LogP contribution in [0.1, 0.15) is 19.3 Å². The molecule has 16 heavy (non-hydrogen) atoms. The van der Waals surface area contributed by atoms with E-state index >= 15 is 0 Å². The predicted molar refractivity (Wildman–Crippen MR) is 60.4 cm³/mol. The molecule has 0 radical (unpaired) electrons. The van der Waals surface area contributed by atoms with Crippen molar-refractivity contribution < 1.29 is 13.5 Å². The molecule has 0 bridgehead atoms. The maximum absolute atomic E-state index is 11.8. The quantitative estimate of drug-likeness (QED) is 0.822. The summed E-state index contributed by atoms with van der Waals surface area (Å²) in [6, 6.07) is 8.18. The third-order valence-corrected chi connectivity index (χ3v) is 4.35. The molecule has 0 heterocycles. The van der Waals surface area contributed by atoms with Crippen LogP contribution in [0.5, 0.6) is 0 Å². The van der Waals surface area contributed by atoms with Crippen molar-refractivity contribution in [3.05, 3.63) is 30.3 Å². The Balaban J connectivity index is 2.04. The maximum Gasteiger partial charge on any atom is 0.240 e. The Hall–Kier alpha value is -0.910. The van der Waals surface area contributed by atoms with E-state index in [-0.39, 0.29) is 11.4 Å². The first-order valence-corrected chi connectivity index (χ1v) is 6.77. The van der Waals surface area contributed by atoms with E-state index in [1.807, 2.05) is 0 Å². The lowest BCUT2D eigenvalue weighted by atomic mass is 9.81. The Kier molecular flexibility index (Phi) is 3.01. The molecule has 1 fully saturated rings. The molecule has 0 aliphatic heterocycles. The second-order valence-corrected chi connectivity index (χ2v) is 5.98. The zero-order valence-corrected chi connectivity index (χ0v) is 9.70. The highest BCUT2D eigenvalue weighted by molar-refractivity contribution is 7.89. The first-order valence-electron chi connectivity index (χ1n) is 5.29. The predicted octanol–water partition coefficient (Wildman–Crippen LogP) is 0.880. The van der Waals surface area contributed by atoms with Crippen LogP contribution >= 0.6 is 0 Å². The van der Waals surface area contributed by atoms with Crippen molar-refractivity contribution in [2.24, 2.45) is 0 Å². The van der Waals surface area contributed by atoms with Gasteiger partial charge in [0.2, 0.25) is 10.0 Å². The Morgan fingerprint density at radius 2 is 1.88 bits per heavy atom. The lowest BCUT2D eigenvalue weighted by Gasteiger charge is -2.36. The summed E-state index contributed by atoms with van der Waals surface area (Å²) in [7, 11) is -3.48. The minimum atomic E-state index is -3.48. The SMILES string of the molecule is O=S(=O)(NCC1(O)CCC1)c1ccccc1. The normalized spacial score (nSPS) is 19.1. The van der Waals surface area contributed by atoms with Crippen LogP contribution in [0, 0.1) is 0 Å². The van der Waals surface area contributed by atoms with Crippen molar-refractivity contribution >= 4 is 10.0 Å². The van der Waals surface area contributed by atoms with Crippen molar-refractivity contribution in [3.8, 4) is 0 Å². The fourth-order valence-corrected chi connectivity index (χ4v) is 2.81. The molecule has 1 aliphatic rings. The zero-order valence-electron chi connectivity index (χ0n) is 8.89. The lowest BCUT2D eigenvalue weighted by molar-refractivity contribution is -0.0270. The van der Waals surface area contributed by atoms with Crippen LogP contribution in [0.15, 0.2) is 35.2 Å². The molecule has 0 unspecified atom stereocenters. The van der Waals surface area contributed by atoms with Crippen LogP contribution in [-0.2, 0) is 10.0 Å². The molecule has 0 spiro atoms. The smallest absolute Gasteiger partial charge is 0.240 e. The fourth-order valence-electron chi connectivity index (χ4n) is 1.67. The summed E-state index contributed by atoms with van der Waals surface area (Å²) < 4.78 is 26.0. The molecular formula is C11H15NO3S. The molecule has 1 aromatic carbocycles. The van der Waals surface area contributed by atoms with Gasteiger partial charge in [-0.05, 0) is 31.4 Å². The average Bonchev–Trinajstić information content (AvgIpc) is 2.25. The van der Waals surface area contributed by atoms with Crippen molar-refractivity contribution in [2.75, 3.05) is 6.54 Å². The van der Waals surface area contributed by atoms with Gasteiger partial charge >= 0.3 is 0 Å². The van der Waals surface area contributed by atoms with Gasteiger partial charge in [0.1, 0.15) is 0 Å². The summed E-state index contributed by atoms with van der Waals surface area (Å²) in [4.78, 5) is 0.234. The molecule has 1 aliphatic carbocycles. The van der Waals surface area contributed by atoms with E-state index in [1.165, 1.54) is 12.1 Å². The van der Waals surface area contributed by atoms with Gasteiger partial charge in [0.05, 0.1) is 10.5 Å². The van der Waals surface area contributed by atoms with Crippen molar-refractivity contribution in [2.45, 2.75) is 29.8 Å². The number of benzene rings is 1. The van der Waals surface area contributed by atoms with Gasteiger partial charge in [-0.2, -0.15) is 0 Å². The Labute approximate surface area is 95.4 Å². The summed E-state index contributed by atoms with van der Waals surface area (Å²) in [5.41, 5.74) is -0.831. The lowest BCUT2D eigenvalue weighted by Crippen LogP contribution is -2.47. The van der Waals surface area contributed by atoms with E-state index in [0.717, 1.165) is 6.42 Å². The van der Waals surface area contributed by atoms with Crippen molar-refractivity contribution in [1.82, 2.24) is 4.72 Å². The van der Waals surface area contributed by atoms with Crippen LogP contribution in [0.3, 0.4) is 0 Å². The van der Waals surface area contributed by atoms with Crippen LogP contribution in [0.25, 0.3) is 0 Å². The summed E-state index contributed by atoms with van der Waals surface area (Å²) >= 11 is 0. The second-order valence-electron chi connectivity index (χ2n) is 4.22. The van der Waals surface area contributed by atoms with Gasteiger partial charge in [-0.15, -0.1) is 0 Å². The molecule has 2 rings (SSSR count). The first-order chi connectivity index (χ1) is 7.52. The molecule has 1 saturated carbocycles. The van der Waals surface area contributed by atoms with Gasteiger partial charge in [0.15, 0.2) is 0 Å². The van der Waals surface area contributed by atoms with Crippen LogP contribution < -0.4 is 4.72 Å². The van der Waals surface area contributed by atoms with Gasteiger partial charge in [-0.1, -0.05) is 18.2 Å². The van der Waals surface area contributed by atoms with E-state index in [9.17, 15) is 13.5 Å².